The van der Waals surface area contributed by atoms with Gasteiger partial charge >= 0.3 is 0 Å². The van der Waals surface area contributed by atoms with Crippen LogP contribution in [0.4, 0.5) is 0 Å². The monoisotopic (exact) mass is 493 g/mol. The number of halogens is 3. The average Bonchev–Trinajstić information content (AvgIpc) is 2.77. The molecule has 1 unspecified atom stereocenters. The molecule has 1 atom stereocenters. The summed E-state index contributed by atoms with van der Waals surface area (Å²) >= 11 is 0. The Morgan fingerprint density at radius 1 is 0.935 bits per heavy atom. The normalized spacial score (nSPS) is 22.6. The maximum atomic E-state index is 5.62. The van der Waals surface area contributed by atoms with Crippen LogP contribution in [0.15, 0.2) is 18.2 Å². The predicted molar refractivity (Wildman–Crippen MR) is 138 cm³/mol. The molecule has 0 aromatic heterocycles. The second kappa shape index (κ2) is 14.1. The summed E-state index contributed by atoms with van der Waals surface area (Å²) in [5, 5.41) is 0. The Hall–Kier alpha value is -0.230. The molecule has 0 N–H and O–H groups in total. The lowest BCUT2D eigenvalue weighted by Crippen LogP contribution is -2.52. The standard InChI is InChI=1S/C24H39N3O.3ClH/c1-25(23-12-6-11-22-21(23)10-7-13-24(22)28-2)14-15-26-16-18-27(19-17-26)20-8-4-3-5-9-20;;;/h7,10,13,20,23H,3-6,8-9,11-12,14-19H2,1-2H3;3*1H. The van der Waals surface area contributed by atoms with E-state index in [1.165, 1.54) is 88.8 Å². The van der Waals surface area contributed by atoms with Gasteiger partial charge in [0.2, 0.25) is 0 Å². The van der Waals surface area contributed by atoms with E-state index in [1.807, 2.05) is 0 Å². The quantitative estimate of drug-likeness (QED) is 0.539. The Kier molecular flexibility index (Phi) is 13.1. The van der Waals surface area contributed by atoms with Gasteiger partial charge in [-0.3, -0.25) is 14.7 Å². The molecule has 2 fully saturated rings. The second-order valence-electron chi connectivity index (χ2n) is 9.09. The van der Waals surface area contributed by atoms with Gasteiger partial charge in [-0.2, -0.15) is 0 Å². The minimum absolute atomic E-state index is 0. The molecule has 180 valence electrons. The average molecular weight is 495 g/mol. The van der Waals surface area contributed by atoms with Gasteiger partial charge in [-0.15, -0.1) is 37.2 Å². The first-order valence-electron chi connectivity index (χ1n) is 11.6. The largest absolute Gasteiger partial charge is 0.496 e. The first-order chi connectivity index (χ1) is 13.8. The highest BCUT2D eigenvalue weighted by atomic mass is 35.5. The number of methoxy groups -OCH3 is 1. The molecule has 1 saturated carbocycles. The molecule has 7 heteroatoms. The van der Waals surface area contributed by atoms with Crippen molar-refractivity contribution in [3.63, 3.8) is 0 Å². The van der Waals surface area contributed by atoms with Crippen molar-refractivity contribution in [1.82, 2.24) is 14.7 Å². The van der Waals surface area contributed by atoms with Crippen LogP contribution >= 0.6 is 37.2 Å². The molecular formula is C24H42Cl3N3O. The van der Waals surface area contributed by atoms with Crippen molar-refractivity contribution in [1.29, 1.82) is 0 Å². The topological polar surface area (TPSA) is 19.0 Å². The number of rotatable bonds is 6. The van der Waals surface area contributed by atoms with Crippen molar-refractivity contribution in [3.8, 4) is 5.75 Å². The summed E-state index contributed by atoms with van der Waals surface area (Å²) in [6.45, 7) is 7.41. The van der Waals surface area contributed by atoms with Gasteiger partial charge in [0.25, 0.3) is 0 Å². The zero-order valence-electron chi connectivity index (χ0n) is 19.3. The van der Waals surface area contributed by atoms with Crippen LogP contribution in [-0.2, 0) is 6.42 Å². The van der Waals surface area contributed by atoms with E-state index in [2.05, 4.69) is 39.9 Å². The molecule has 4 rings (SSSR count). The van der Waals surface area contributed by atoms with Gasteiger partial charge in [-0.25, -0.2) is 0 Å². The van der Waals surface area contributed by atoms with Gasteiger partial charge < -0.3 is 4.74 Å². The number of likely N-dealkylation sites (N-methyl/N-ethyl adjacent to an activating group) is 1. The molecule has 3 aliphatic rings. The van der Waals surface area contributed by atoms with Crippen LogP contribution < -0.4 is 4.74 Å². The maximum Gasteiger partial charge on any atom is 0.122 e. The first-order valence-corrected chi connectivity index (χ1v) is 11.6. The van der Waals surface area contributed by atoms with E-state index in [0.717, 1.165) is 24.8 Å². The van der Waals surface area contributed by atoms with Gasteiger partial charge in [0.05, 0.1) is 7.11 Å². The minimum atomic E-state index is 0. The van der Waals surface area contributed by atoms with E-state index in [1.54, 1.807) is 7.11 Å². The molecule has 0 radical (unpaired) electrons. The molecular weight excluding hydrogens is 453 g/mol. The van der Waals surface area contributed by atoms with Crippen LogP contribution in [0.1, 0.15) is 62.1 Å². The molecule has 1 saturated heterocycles. The summed E-state index contributed by atoms with van der Waals surface area (Å²) in [5.74, 6) is 1.08. The predicted octanol–water partition coefficient (Wildman–Crippen LogP) is 5.22. The number of hydrogen-bond donors (Lipinski definition) is 0. The highest BCUT2D eigenvalue weighted by molar-refractivity contribution is 5.86. The van der Waals surface area contributed by atoms with E-state index in [9.17, 15) is 0 Å². The smallest absolute Gasteiger partial charge is 0.122 e. The summed E-state index contributed by atoms with van der Waals surface area (Å²) in [6, 6.07) is 8.03. The van der Waals surface area contributed by atoms with Gasteiger partial charge in [-0.1, -0.05) is 31.4 Å². The fraction of sp³-hybridized carbons (Fsp3) is 0.750. The highest BCUT2D eigenvalue weighted by Gasteiger charge is 2.27. The molecule has 31 heavy (non-hydrogen) atoms. The van der Waals surface area contributed by atoms with Crippen LogP contribution in [0.3, 0.4) is 0 Å². The zero-order chi connectivity index (χ0) is 19.3. The Bertz CT molecular complexity index is 634. The summed E-state index contributed by atoms with van der Waals surface area (Å²) < 4.78 is 5.62. The molecule has 1 aromatic carbocycles. The summed E-state index contributed by atoms with van der Waals surface area (Å²) in [6.07, 6.45) is 10.9. The SMILES string of the molecule is COc1cccc2c1CCCC2N(C)CCN1CCN(C2CCCCC2)CC1.Cl.Cl.Cl. The van der Waals surface area contributed by atoms with Crippen LogP contribution in [0.5, 0.6) is 5.75 Å². The summed E-state index contributed by atoms with van der Waals surface area (Å²) in [4.78, 5) is 8.05. The fourth-order valence-corrected chi connectivity index (χ4v) is 5.69. The molecule has 0 spiro atoms. The van der Waals surface area contributed by atoms with E-state index in [-0.39, 0.29) is 37.2 Å². The first kappa shape index (κ1) is 28.8. The van der Waals surface area contributed by atoms with Crippen LogP contribution in [0.2, 0.25) is 0 Å². The number of benzene rings is 1. The van der Waals surface area contributed by atoms with Crippen molar-refractivity contribution in [2.45, 2.75) is 63.5 Å². The zero-order valence-corrected chi connectivity index (χ0v) is 21.7. The molecule has 0 bridgehead atoms. The van der Waals surface area contributed by atoms with E-state index >= 15 is 0 Å². The van der Waals surface area contributed by atoms with Crippen LogP contribution in [-0.4, -0.2) is 74.2 Å². The van der Waals surface area contributed by atoms with Crippen molar-refractivity contribution < 1.29 is 4.74 Å². The van der Waals surface area contributed by atoms with Gasteiger partial charge in [-0.05, 0) is 56.3 Å². The van der Waals surface area contributed by atoms with Crippen molar-refractivity contribution in [3.05, 3.63) is 29.3 Å². The Labute approximate surface area is 208 Å². The fourth-order valence-electron chi connectivity index (χ4n) is 5.69. The van der Waals surface area contributed by atoms with Crippen molar-refractivity contribution >= 4 is 37.2 Å². The van der Waals surface area contributed by atoms with E-state index < -0.39 is 0 Å². The Morgan fingerprint density at radius 3 is 2.32 bits per heavy atom. The lowest BCUT2D eigenvalue weighted by molar-refractivity contribution is 0.0709. The molecule has 2 aliphatic carbocycles. The molecule has 0 amide bonds. The Morgan fingerprint density at radius 2 is 1.65 bits per heavy atom. The molecule has 4 nitrogen and oxygen atoms in total. The number of nitrogens with zero attached hydrogens (tertiary/aromatic N) is 3. The minimum Gasteiger partial charge on any atom is -0.496 e. The van der Waals surface area contributed by atoms with Crippen LogP contribution in [0, 0.1) is 0 Å². The van der Waals surface area contributed by atoms with Crippen LogP contribution in [0.25, 0.3) is 0 Å². The molecule has 1 heterocycles. The third-order valence-corrected chi connectivity index (χ3v) is 7.45. The van der Waals surface area contributed by atoms with Gasteiger partial charge in [0, 0.05) is 51.4 Å². The third kappa shape index (κ3) is 7.12. The highest BCUT2D eigenvalue weighted by Crippen LogP contribution is 2.37. The lowest BCUT2D eigenvalue weighted by Gasteiger charge is -2.41. The maximum absolute atomic E-state index is 5.62. The van der Waals surface area contributed by atoms with Crippen molar-refractivity contribution in [2.75, 3.05) is 53.4 Å². The second-order valence-corrected chi connectivity index (χ2v) is 9.09. The van der Waals surface area contributed by atoms with Gasteiger partial charge in [0.15, 0.2) is 0 Å². The lowest BCUT2D eigenvalue weighted by atomic mass is 9.86. The number of fused-ring (bicyclic) bond motifs is 1. The number of piperazine rings is 1. The Balaban J connectivity index is 0.00000160. The molecule has 1 aliphatic heterocycles. The third-order valence-electron chi connectivity index (χ3n) is 7.45. The summed E-state index contributed by atoms with van der Waals surface area (Å²) in [5.41, 5.74) is 2.93. The van der Waals surface area contributed by atoms with E-state index in [4.69, 9.17) is 4.74 Å². The molecule has 1 aromatic rings. The van der Waals surface area contributed by atoms with Gasteiger partial charge in [0.1, 0.15) is 5.75 Å². The van der Waals surface area contributed by atoms with E-state index in [0.29, 0.717) is 6.04 Å². The number of ether oxygens (including phenoxy) is 1. The van der Waals surface area contributed by atoms with Crippen molar-refractivity contribution in [2.24, 2.45) is 0 Å². The number of hydrogen-bond acceptors (Lipinski definition) is 4. The summed E-state index contributed by atoms with van der Waals surface area (Å²) in [7, 11) is 4.12.